The average molecular weight is 286 g/mol. The summed E-state index contributed by atoms with van der Waals surface area (Å²) in [4.78, 5) is 0. The Morgan fingerprint density at radius 3 is 2.68 bits per heavy atom. The van der Waals surface area contributed by atoms with Gasteiger partial charge in [-0.2, -0.15) is 0 Å². The normalized spacial score (nSPS) is 14.8. The fourth-order valence-electron chi connectivity index (χ4n) is 1.73. The molecule has 0 spiro atoms. The summed E-state index contributed by atoms with van der Waals surface area (Å²) < 4.78 is 37.0. The van der Waals surface area contributed by atoms with Crippen molar-refractivity contribution in [3.63, 3.8) is 0 Å². The first-order chi connectivity index (χ1) is 9.11. The fraction of sp³-hybridized carbons (Fsp3) is 0.500. The largest absolute Gasteiger partial charge is 0.490 e. The minimum Gasteiger partial charge on any atom is -0.490 e. The summed E-state index contributed by atoms with van der Waals surface area (Å²) in [5.41, 5.74) is 5.78. The first-order valence-electron chi connectivity index (χ1n) is 6.21. The summed E-state index contributed by atoms with van der Waals surface area (Å²) in [6.45, 7) is 1.52. The van der Waals surface area contributed by atoms with Gasteiger partial charge in [-0.15, -0.1) is 0 Å². The molecule has 1 aliphatic rings. The molecule has 1 aromatic carbocycles. The fourth-order valence-corrected chi connectivity index (χ4v) is 2.87. The van der Waals surface area contributed by atoms with Gasteiger partial charge in [-0.3, -0.25) is 4.72 Å². The second kappa shape index (κ2) is 6.12. The van der Waals surface area contributed by atoms with Crippen molar-refractivity contribution in [2.75, 3.05) is 30.2 Å². The molecule has 2 rings (SSSR count). The molecule has 0 fully saturated rings. The van der Waals surface area contributed by atoms with Gasteiger partial charge in [0.1, 0.15) is 0 Å². The Morgan fingerprint density at radius 2 is 1.95 bits per heavy atom. The molecule has 0 amide bonds. The van der Waals surface area contributed by atoms with Crippen molar-refractivity contribution in [1.29, 1.82) is 0 Å². The van der Waals surface area contributed by atoms with E-state index in [1.54, 1.807) is 18.2 Å². The maximum absolute atomic E-state index is 11.8. The Bertz CT molecular complexity index is 531. The van der Waals surface area contributed by atoms with Crippen molar-refractivity contribution in [1.82, 2.24) is 0 Å². The topological polar surface area (TPSA) is 90.7 Å². The number of anilines is 1. The van der Waals surface area contributed by atoms with Crippen LogP contribution in [-0.2, 0) is 10.0 Å². The van der Waals surface area contributed by atoms with Gasteiger partial charge >= 0.3 is 0 Å². The van der Waals surface area contributed by atoms with Crippen molar-refractivity contribution in [2.45, 2.75) is 12.8 Å². The number of fused-ring (bicyclic) bond motifs is 1. The molecule has 0 radical (unpaired) electrons. The second-order valence-corrected chi connectivity index (χ2v) is 6.12. The predicted octanol–water partition coefficient (Wildman–Crippen LogP) is 0.938. The third kappa shape index (κ3) is 4.00. The minimum atomic E-state index is -3.36. The van der Waals surface area contributed by atoms with Crippen molar-refractivity contribution in [3.8, 4) is 11.5 Å². The lowest BCUT2D eigenvalue weighted by atomic mass is 10.3. The number of nitrogens with one attached hydrogen (secondary N) is 1. The van der Waals surface area contributed by atoms with Crippen molar-refractivity contribution >= 4 is 15.7 Å². The molecule has 1 heterocycles. The third-order valence-electron chi connectivity index (χ3n) is 2.64. The summed E-state index contributed by atoms with van der Waals surface area (Å²) in [6, 6.07) is 5.01. The van der Waals surface area contributed by atoms with Gasteiger partial charge in [0.2, 0.25) is 10.0 Å². The number of hydrogen-bond donors (Lipinski definition) is 2. The van der Waals surface area contributed by atoms with Gasteiger partial charge in [-0.05, 0) is 25.1 Å². The Balaban J connectivity index is 2.11. The van der Waals surface area contributed by atoms with Gasteiger partial charge in [0.15, 0.2) is 11.5 Å². The number of nitrogens with two attached hydrogens (primary N) is 1. The van der Waals surface area contributed by atoms with Gasteiger partial charge in [0.05, 0.1) is 24.7 Å². The molecular formula is C12H18N2O4S. The monoisotopic (exact) mass is 286 g/mol. The molecule has 6 nitrogen and oxygen atoms in total. The number of sulfonamides is 1. The van der Waals surface area contributed by atoms with Crippen LogP contribution in [0.5, 0.6) is 11.5 Å². The SMILES string of the molecule is NCCCS(=O)(=O)Nc1ccc2c(c1)OCCCO2. The van der Waals surface area contributed by atoms with E-state index in [1.807, 2.05) is 0 Å². The molecule has 7 heteroatoms. The highest BCUT2D eigenvalue weighted by molar-refractivity contribution is 7.92. The van der Waals surface area contributed by atoms with E-state index in [4.69, 9.17) is 15.2 Å². The van der Waals surface area contributed by atoms with Gasteiger partial charge in [0.25, 0.3) is 0 Å². The van der Waals surface area contributed by atoms with Crippen LogP contribution in [0.1, 0.15) is 12.8 Å². The molecule has 0 bridgehead atoms. The van der Waals surface area contributed by atoms with E-state index in [-0.39, 0.29) is 5.75 Å². The Morgan fingerprint density at radius 1 is 1.21 bits per heavy atom. The van der Waals surface area contributed by atoms with E-state index >= 15 is 0 Å². The second-order valence-electron chi connectivity index (χ2n) is 4.28. The van der Waals surface area contributed by atoms with Crippen LogP contribution in [0.4, 0.5) is 5.69 Å². The summed E-state index contributed by atoms with van der Waals surface area (Å²) in [7, 11) is -3.36. The van der Waals surface area contributed by atoms with Crippen molar-refractivity contribution in [2.24, 2.45) is 5.73 Å². The molecular weight excluding hydrogens is 268 g/mol. The first kappa shape index (κ1) is 14.0. The van der Waals surface area contributed by atoms with E-state index in [9.17, 15) is 8.42 Å². The van der Waals surface area contributed by atoms with Crippen LogP contribution < -0.4 is 19.9 Å². The molecule has 0 aliphatic carbocycles. The van der Waals surface area contributed by atoms with Crippen LogP contribution in [0.25, 0.3) is 0 Å². The van der Waals surface area contributed by atoms with Crippen LogP contribution in [-0.4, -0.2) is 33.9 Å². The van der Waals surface area contributed by atoms with Crippen LogP contribution in [0.3, 0.4) is 0 Å². The van der Waals surface area contributed by atoms with Gasteiger partial charge < -0.3 is 15.2 Å². The number of benzene rings is 1. The van der Waals surface area contributed by atoms with Crippen molar-refractivity contribution < 1.29 is 17.9 Å². The Labute approximate surface area is 112 Å². The maximum Gasteiger partial charge on any atom is 0.232 e. The molecule has 0 unspecified atom stereocenters. The van der Waals surface area contributed by atoms with Crippen molar-refractivity contribution in [3.05, 3.63) is 18.2 Å². The first-order valence-corrected chi connectivity index (χ1v) is 7.86. The summed E-state index contributed by atoms with van der Waals surface area (Å²) >= 11 is 0. The molecule has 0 atom stereocenters. The molecule has 0 aromatic heterocycles. The Hall–Kier alpha value is -1.47. The summed E-state index contributed by atoms with van der Waals surface area (Å²) in [5.74, 6) is 1.22. The van der Waals surface area contributed by atoms with E-state index in [1.165, 1.54) is 0 Å². The summed E-state index contributed by atoms with van der Waals surface area (Å²) in [6.07, 6.45) is 1.24. The molecule has 1 aliphatic heterocycles. The zero-order valence-corrected chi connectivity index (χ0v) is 11.4. The third-order valence-corrected chi connectivity index (χ3v) is 4.01. The lowest BCUT2D eigenvalue weighted by Gasteiger charge is -2.11. The van der Waals surface area contributed by atoms with E-state index in [0.717, 1.165) is 6.42 Å². The lowest BCUT2D eigenvalue weighted by Crippen LogP contribution is -2.18. The molecule has 0 saturated heterocycles. The smallest absolute Gasteiger partial charge is 0.232 e. The highest BCUT2D eigenvalue weighted by atomic mass is 32.2. The minimum absolute atomic E-state index is 0.0118. The van der Waals surface area contributed by atoms with E-state index < -0.39 is 10.0 Å². The van der Waals surface area contributed by atoms with Crippen LogP contribution >= 0.6 is 0 Å². The van der Waals surface area contributed by atoms with E-state index in [2.05, 4.69) is 4.72 Å². The molecule has 1 aromatic rings. The average Bonchev–Trinajstić information content (AvgIpc) is 2.60. The molecule has 106 valence electrons. The van der Waals surface area contributed by atoms with E-state index in [0.29, 0.717) is 43.4 Å². The molecule has 0 saturated carbocycles. The Kier molecular flexibility index (Phi) is 4.49. The van der Waals surface area contributed by atoms with Crippen LogP contribution in [0.2, 0.25) is 0 Å². The number of hydrogen-bond acceptors (Lipinski definition) is 5. The highest BCUT2D eigenvalue weighted by Crippen LogP contribution is 2.32. The maximum atomic E-state index is 11.8. The number of rotatable bonds is 5. The van der Waals surface area contributed by atoms with Crippen LogP contribution in [0.15, 0.2) is 18.2 Å². The molecule has 19 heavy (non-hydrogen) atoms. The zero-order valence-electron chi connectivity index (χ0n) is 10.6. The quantitative estimate of drug-likeness (QED) is 0.840. The predicted molar refractivity (Wildman–Crippen MR) is 73.1 cm³/mol. The molecule has 3 N–H and O–H groups in total. The van der Waals surface area contributed by atoms with Gasteiger partial charge in [0, 0.05) is 12.5 Å². The standard InChI is InChI=1S/C12H18N2O4S/c13-5-1-8-19(15,16)14-10-3-4-11-12(9-10)18-7-2-6-17-11/h3-4,9,14H,1-2,5-8,13H2. The zero-order chi connectivity index (χ0) is 13.7. The van der Waals surface area contributed by atoms with Gasteiger partial charge in [-0.25, -0.2) is 8.42 Å². The van der Waals surface area contributed by atoms with Gasteiger partial charge in [-0.1, -0.05) is 0 Å². The highest BCUT2D eigenvalue weighted by Gasteiger charge is 2.14. The number of ether oxygens (including phenoxy) is 2. The van der Waals surface area contributed by atoms with Crippen LogP contribution in [0, 0.1) is 0 Å². The summed E-state index contributed by atoms with van der Waals surface area (Å²) in [5, 5.41) is 0. The lowest BCUT2D eigenvalue weighted by molar-refractivity contribution is 0.297.